The Morgan fingerprint density at radius 1 is 1.00 bits per heavy atom. The van der Waals surface area contributed by atoms with Crippen LogP contribution in [0.5, 0.6) is 11.5 Å². The van der Waals surface area contributed by atoms with Gasteiger partial charge in [-0.1, -0.05) is 6.42 Å². The molecule has 7 heteroatoms. The second kappa shape index (κ2) is 9.64. The number of anilines is 1. The van der Waals surface area contributed by atoms with E-state index in [1.165, 1.54) is 12.8 Å². The molecule has 1 N–H and O–H groups in total. The highest BCUT2D eigenvalue weighted by atomic mass is 16.5. The lowest BCUT2D eigenvalue weighted by Crippen LogP contribution is -2.12. The van der Waals surface area contributed by atoms with Crippen LogP contribution in [-0.4, -0.2) is 34.9 Å². The number of methoxy groups -OCH3 is 2. The van der Waals surface area contributed by atoms with Crippen molar-refractivity contribution < 1.29 is 14.3 Å². The quantitative estimate of drug-likeness (QED) is 0.618. The van der Waals surface area contributed by atoms with Gasteiger partial charge >= 0.3 is 0 Å². The van der Waals surface area contributed by atoms with E-state index in [0.29, 0.717) is 12.8 Å². The second-order valence-corrected chi connectivity index (χ2v) is 7.75. The summed E-state index contributed by atoms with van der Waals surface area (Å²) in [5, 5.41) is 11.7. The fourth-order valence-corrected chi connectivity index (χ4v) is 3.89. The van der Waals surface area contributed by atoms with Crippen LogP contribution >= 0.6 is 0 Å². The molecule has 31 heavy (non-hydrogen) atoms. The molecule has 4 rings (SSSR count). The minimum absolute atomic E-state index is 0.0362. The summed E-state index contributed by atoms with van der Waals surface area (Å²) in [5.41, 5.74) is 2.78. The molecule has 2 heterocycles. The van der Waals surface area contributed by atoms with Gasteiger partial charge in [-0.25, -0.2) is 0 Å². The predicted molar refractivity (Wildman–Crippen MR) is 120 cm³/mol. The molecule has 0 aliphatic carbocycles. The van der Waals surface area contributed by atoms with E-state index in [0.717, 1.165) is 59.3 Å². The van der Waals surface area contributed by atoms with E-state index in [9.17, 15) is 4.79 Å². The molecule has 3 aromatic rings. The van der Waals surface area contributed by atoms with Gasteiger partial charge < -0.3 is 19.4 Å². The summed E-state index contributed by atoms with van der Waals surface area (Å²) in [5.74, 6) is 3.38. The lowest BCUT2D eigenvalue weighted by Gasteiger charge is -2.10. The first-order valence-corrected chi connectivity index (χ1v) is 10.7. The van der Waals surface area contributed by atoms with Crippen LogP contribution in [0.25, 0.3) is 11.4 Å². The Hall–Kier alpha value is -3.35. The van der Waals surface area contributed by atoms with Crippen LogP contribution < -0.4 is 14.8 Å². The molecule has 1 aliphatic rings. The highest BCUT2D eigenvalue weighted by Gasteiger charge is 2.16. The topological polar surface area (TPSA) is 78.3 Å². The third-order valence-electron chi connectivity index (χ3n) is 5.59. The highest BCUT2D eigenvalue weighted by Crippen LogP contribution is 2.25. The number of fused-ring (bicyclic) bond motifs is 1. The third kappa shape index (κ3) is 5.05. The summed E-state index contributed by atoms with van der Waals surface area (Å²) in [4.78, 5) is 12.4. The van der Waals surface area contributed by atoms with Crippen molar-refractivity contribution in [2.75, 3.05) is 19.5 Å². The number of benzene rings is 2. The van der Waals surface area contributed by atoms with Crippen molar-refractivity contribution >= 4 is 11.6 Å². The molecule has 0 atom stereocenters. The number of nitrogens with one attached hydrogen (secondary N) is 1. The average molecular weight is 421 g/mol. The summed E-state index contributed by atoms with van der Waals surface area (Å²) in [6, 6.07) is 13.5. The van der Waals surface area contributed by atoms with E-state index in [1.54, 1.807) is 14.2 Å². The molecule has 0 spiro atoms. The fraction of sp³-hybridized carbons (Fsp3) is 0.375. The zero-order chi connectivity index (χ0) is 21.6. The van der Waals surface area contributed by atoms with Gasteiger partial charge in [0, 0.05) is 36.7 Å². The van der Waals surface area contributed by atoms with E-state index >= 15 is 0 Å². The number of hydrogen-bond acceptors (Lipinski definition) is 5. The number of aryl methyl sites for hydroxylation is 2. The molecule has 1 aliphatic heterocycles. The van der Waals surface area contributed by atoms with E-state index in [2.05, 4.69) is 20.1 Å². The van der Waals surface area contributed by atoms with Crippen LogP contribution in [0.4, 0.5) is 5.69 Å². The monoisotopic (exact) mass is 420 g/mol. The first kappa shape index (κ1) is 20.9. The maximum absolute atomic E-state index is 12.4. The van der Waals surface area contributed by atoms with Crippen molar-refractivity contribution in [1.82, 2.24) is 14.8 Å². The van der Waals surface area contributed by atoms with Gasteiger partial charge in [-0.05, 0) is 61.2 Å². The summed E-state index contributed by atoms with van der Waals surface area (Å²) < 4.78 is 12.8. The molecule has 0 bridgehead atoms. The second-order valence-electron chi connectivity index (χ2n) is 7.75. The fourth-order valence-electron chi connectivity index (χ4n) is 3.89. The van der Waals surface area contributed by atoms with Gasteiger partial charge in [0.05, 0.1) is 14.2 Å². The number of carbonyl (C=O) groups is 1. The summed E-state index contributed by atoms with van der Waals surface area (Å²) in [7, 11) is 3.23. The molecule has 0 unspecified atom stereocenters. The first-order chi connectivity index (χ1) is 15.2. The van der Waals surface area contributed by atoms with Crippen molar-refractivity contribution in [3.05, 3.63) is 53.9 Å². The Morgan fingerprint density at radius 2 is 1.74 bits per heavy atom. The van der Waals surface area contributed by atoms with Gasteiger partial charge in [0.2, 0.25) is 5.91 Å². The van der Waals surface area contributed by atoms with Crippen molar-refractivity contribution in [3.8, 4) is 22.9 Å². The number of nitrogens with zero attached hydrogens (tertiary/aromatic N) is 3. The zero-order valence-corrected chi connectivity index (χ0v) is 18.1. The third-order valence-corrected chi connectivity index (χ3v) is 5.59. The molecule has 162 valence electrons. The van der Waals surface area contributed by atoms with Crippen LogP contribution in [-0.2, 0) is 24.2 Å². The normalized spacial score (nSPS) is 13.2. The lowest BCUT2D eigenvalue weighted by molar-refractivity contribution is -0.116. The SMILES string of the molecule is COc1cc(CCC(=O)Nc2ccc(-c3nnc4n3CCCCC4)cc2)cc(OC)c1. The smallest absolute Gasteiger partial charge is 0.224 e. The van der Waals surface area contributed by atoms with Crippen molar-refractivity contribution in [3.63, 3.8) is 0 Å². The van der Waals surface area contributed by atoms with Crippen LogP contribution in [0.1, 0.15) is 37.1 Å². The highest BCUT2D eigenvalue weighted by molar-refractivity contribution is 5.91. The Labute approximate surface area is 182 Å². The van der Waals surface area contributed by atoms with E-state index in [1.807, 2.05) is 42.5 Å². The molecular weight excluding hydrogens is 392 g/mol. The Balaban J connectivity index is 1.37. The Bertz CT molecular complexity index is 1020. The maximum atomic E-state index is 12.4. The molecular formula is C24H28N4O3. The van der Waals surface area contributed by atoms with E-state index in [4.69, 9.17) is 9.47 Å². The van der Waals surface area contributed by atoms with Gasteiger partial charge in [0.15, 0.2) is 5.82 Å². The maximum Gasteiger partial charge on any atom is 0.224 e. The standard InChI is InChI=1S/C24H28N4O3/c1-30-20-14-17(15-21(16-20)31-2)7-12-23(29)25-19-10-8-18(9-11-19)24-27-26-22-6-4-3-5-13-28(22)24/h8-11,14-16H,3-7,12-13H2,1-2H3,(H,25,29). The van der Waals surface area contributed by atoms with Crippen molar-refractivity contribution in [2.24, 2.45) is 0 Å². The van der Waals surface area contributed by atoms with Gasteiger partial charge in [-0.15, -0.1) is 10.2 Å². The molecule has 1 amide bonds. The zero-order valence-electron chi connectivity index (χ0n) is 18.1. The minimum Gasteiger partial charge on any atom is -0.497 e. The summed E-state index contributed by atoms with van der Waals surface area (Å²) in [6.07, 6.45) is 5.52. The Morgan fingerprint density at radius 3 is 2.45 bits per heavy atom. The van der Waals surface area contributed by atoms with Gasteiger partial charge in [-0.3, -0.25) is 4.79 Å². The number of ether oxygens (including phenoxy) is 2. The molecule has 1 aromatic heterocycles. The molecule has 0 saturated heterocycles. The van der Waals surface area contributed by atoms with Crippen LogP contribution in [0, 0.1) is 0 Å². The van der Waals surface area contributed by atoms with E-state index < -0.39 is 0 Å². The molecule has 0 saturated carbocycles. The van der Waals surface area contributed by atoms with Gasteiger partial charge in [0.25, 0.3) is 0 Å². The van der Waals surface area contributed by atoms with Gasteiger partial charge in [0.1, 0.15) is 17.3 Å². The number of hydrogen-bond donors (Lipinski definition) is 1. The number of carbonyl (C=O) groups excluding carboxylic acids is 1. The molecule has 7 nitrogen and oxygen atoms in total. The molecule has 0 radical (unpaired) electrons. The Kier molecular flexibility index (Phi) is 6.50. The lowest BCUT2D eigenvalue weighted by atomic mass is 10.1. The van der Waals surface area contributed by atoms with Crippen LogP contribution in [0.15, 0.2) is 42.5 Å². The van der Waals surface area contributed by atoms with Gasteiger partial charge in [-0.2, -0.15) is 0 Å². The van der Waals surface area contributed by atoms with Crippen molar-refractivity contribution in [1.29, 1.82) is 0 Å². The predicted octanol–water partition coefficient (Wildman–Crippen LogP) is 4.26. The molecule has 0 fully saturated rings. The van der Waals surface area contributed by atoms with Crippen LogP contribution in [0.2, 0.25) is 0 Å². The largest absolute Gasteiger partial charge is 0.497 e. The number of rotatable bonds is 7. The summed E-state index contributed by atoms with van der Waals surface area (Å²) >= 11 is 0. The van der Waals surface area contributed by atoms with E-state index in [-0.39, 0.29) is 5.91 Å². The average Bonchev–Trinajstić information content (AvgIpc) is 3.05. The number of amides is 1. The minimum atomic E-state index is -0.0362. The van der Waals surface area contributed by atoms with Crippen molar-refractivity contribution in [2.45, 2.75) is 45.1 Å². The number of aromatic nitrogens is 3. The first-order valence-electron chi connectivity index (χ1n) is 10.7. The van der Waals surface area contributed by atoms with Crippen LogP contribution in [0.3, 0.4) is 0 Å². The molecule has 2 aromatic carbocycles. The summed E-state index contributed by atoms with van der Waals surface area (Å²) in [6.45, 7) is 0.964.